The maximum absolute atomic E-state index is 11.3. The fourth-order valence-corrected chi connectivity index (χ4v) is 1.94. The van der Waals surface area contributed by atoms with Crippen LogP contribution in [0.25, 0.3) is 0 Å². The van der Waals surface area contributed by atoms with E-state index in [1.807, 2.05) is 12.1 Å². The number of Topliss-reactive ketones (excluding diaryl/α,β-unsaturated/α-hetero) is 1. The van der Waals surface area contributed by atoms with E-state index in [1.54, 1.807) is 12.1 Å². The lowest BCUT2D eigenvalue weighted by Crippen LogP contribution is -2.02. The lowest BCUT2D eigenvalue weighted by Gasteiger charge is -1.89. The van der Waals surface area contributed by atoms with E-state index in [2.05, 4.69) is 5.16 Å². The van der Waals surface area contributed by atoms with Gasteiger partial charge in [-0.25, -0.2) is 0 Å². The second-order valence-electron chi connectivity index (χ2n) is 2.33. The molecule has 0 amide bonds. The first-order valence-corrected chi connectivity index (χ1v) is 4.18. The second-order valence-corrected chi connectivity index (χ2v) is 3.36. The Morgan fingerprint density at radius 2 is 2.08 bits per heavy atom. The zero-order chi connectivity index (χ0) is 8.55. The summed E-state index contributed by atoms with van der Waals surface area (Å²) >= 11 is 1.19. The van der Waals surface area contributed by atoms with E-state index in [4.69, 9.17) is 5.21 Å². The first kappa shape index (κ1) is 7.36. The Labute approximate surface area is 73.1 Å². The number of benzene rings is 1. The third-order valence-electron chi connectivity index (χ3n) is 1.62. The Hall–Kier alpha value is -1.29. The highest BCUT2D eigenvalue weighted by atomic mass is 32.2. The lowest BCUT2D eigenvalue weighted by molar-refractivity contribution is 0.106. The maximum atomic E-state index is 11.3. The summed E-state index contributed by atoms with van der Waals surface area (Å²) in [5.41, 5.74) is 0.621. The van der Waals surface area contributed by atoms with Gasteiger partial charge in [0.2, 0.25) is 5.78 Å². The number of nitrogens with zero attached hydrogens (tertiary/aromatic N) is 1. The summed E-state index contributed by atoms with van der Waals surface area (Å²) in [7, 11) is 0. The number of ketones is 1. The predicted molar refractivity (Wildman–Crippen MR) is 45.9 cm³/mol. The zero-order valence-corrected chi connectivity index (χ0v) is 6.84. The Kier molecular flexibility index (Phi) is 1.62. The quantitative estimate of drug-likeness (QED) is 0.487. The van der Waals surface area contributed by atoms with E-state index in [-0.39, 0.29) is 10.8 Å². The number of rotatable bonds is 0. The number of hydrogen-bond donors (Lipinski definition) is 1. The lowest BCUT2D eigenvalue weighted by atomic mass is 10.1. The summed E-state index contributed by atoms with van der Waals surface area (Å²) in [6.45, 7) is 0. The molecule has 1 heterocycles. The SMILES string of the molecule is O=C1/C(=N/O)Sc2ccccc21. The molecule has 4 heteroatoms. The number of carbonyl (C=O) groups is 1. The van der Waals surface area contributed by atoms with Crippen LogP contribution in [0.4, 0.5) is 0 Å². The number of hydrogen-bond acceptors (Lipinski definition) is 4. The first-order valence-electron chi connectivity index (χ1n) is 3.36. The molecule has 0 spiro atoms. The highest BCUT2D eigenvalue weighted by Crippen LogP contribution is 2.32. The Morgan fingerprint density at radius 1 is 1.33 bits per heavy atom. The van der Waals surface area contributed by atoms with Crippen LogP contribution in [0.5, 0.6) is 0 Å². The van der Waals surface area contributed by atoms with E-state index < -0.39 is 0 Å². The molecule has 0 aromatic heterocycles. The van der Waals surface area contributed by atoms with Gasteiger partial charge >= 0.3 is 0 Å². The van der Waals surface area contributed by atoms with Gasteiger partial charge in [0.1, 0.15) is 0 Å². The van der Waals surface area contributed by atoms with Crippen molar-refractivity contribution in [3.8, 4) is 0 Å². The Balaban J connectivity index is 2.56. The highest BCUT2D eigenvalue weighted by molar-refractivity contribution is 8.16. The minimum absolute atomic E-state index is 0.149. The van der Waals surface area contributed by atoms with Crippen LogP contribution in [0, 0.1) is 0 Å². The van der Waals surface area contributed by atoms with E-state index >= 15 is 0 Å². The van der Waals surface area contributed by atoms with Crippen molar-refractivity contribution in [2.45, 2.75) is 4.90 Å². The topological polar surface area (TPSA) is 49.7 Å². The standard InChI is InChI=1S/C8H5NO2S/c10-7-5-3-1-2-4-6(5)12-8(7)9-11/h1-4,11H/b9-8-. The normalized spacial score (nSPS) is 18.3. The van der Waals surface area contributed by atoms with Crippen LogP contribution >= 0.6 is 11.8 Å². The van der Waals surface area contributed by atoms with Crippen molar-refractivity contribution >= 4 is 22.6 Å². The van der Waals surface area contributed by atoms with Gasteiger partial charge in [0.15, 0.2) is 5.04 Å². The second kappa shape index (κ2) is 2.64. The molecule has 60 valence electrons. The van der Waals surface area contributed by atoms with Crippen molar-refractivity contribution in [1.29, 1.82) is 0 Å². The Morgan fingerprint density at radius 3 is 2.75 bits per heavy atom. The van der Waals surface area contributed by atoms with Gasteiger partial charge in [0.25, 0.3) is 0 Å². The van der Waals surface area contributed by atoms with Gasteiger partial charge in [-0.3, -0.25) is 4.79 Å². The molecular formula is C8H5NO2S. The average molecular weight is 179 g/mol. The minimum Gasteiger partial charge on any atom is -0.410 e. The molecule has 1 aromatic carbocycles. The van der Waals surface area contributed by atoms with Crippen LogP contribution < -0.4 is 0 Å². The smallest absolute Gasteiger partial charge is 0.222 e. The summed E-state index contributed by atoms with van der Waals surface area (Å²) in [4.78, 5) is 12.2. The molecule has 0 saturated heterocycles. The molecule has 3 nitrogen and oxygen atoms in total. The molecule has 1 aromatic rings. The van der Waals surface area contributed by atoms with Gasteiger partial charge in [-0.05, 0) is 12.1 Å². The fraction of sp³-hybridized carbons (Fsp3) is 0. The molecule has 0 aliphatic carbocycles. The summed E-state index contributed by atoms with van der Waals surface area (Å²) < 4.78 is 0. The van der Waals surface area contributed by atoms with Gasteiger partial charge < -0.3 is 5.21 Å². The molecule has 0 saturated carbocycles. The zero-order valence-electron chi connectivity index (χ0n) is 6.02. The fourth-order valence-electron chi connectivity index (χ4n) is 1.07. The van der Waals surface area contributed by atoms with E-state index in [0.29, 0.717) is 5.56 Å². The van der Waals surface area contributed by atoms with E-state index in [9.17, 15) is 4.79 Å². The first-order chi connectivity index (χ1) is 5.83. The molecule has 1 aliphatic rings. The van der Waals surface area contributed by atoms with E-state index in [0.717, 1.165) is 4.90 Å². The maximum Gasteiger partial charge on any atom is 0.222 e. The molecule has 0 atom stereocenters. The van der Waals surface area contributed by atoms with Gasteiger partial charge in [-0.15, -0.1) is 0 Å². The van der Waals surface area contributed by atoms with Gasteiger partial charge in [0.05, 0.1) is 0 Å². The monoisotopic (exact) mass is 179 g/mol. The van der Waals surface area contributed by atoms with Crippen LogP contribution in [0.15, 0.2) is 34.3 Å². The molecule has 1 aliphatic heterocycles. The molecule has 0 fully saturated rings. The summed E-state index contributed by atoms with van der Waals surface area (Å²) in [5.74, 6) is -0.196. The summed E-state index contributed by atoms with van der Waals surface area (Å²) in [6.07, 6.45) is 0. The number of fused-ring (bicyclic) bond motifs is 1. The van der Waals surface area contributed by atoms with E-state index in [1.165, 1.54) is 11.8 Å². The number of carbonyl (C=O) groups excluding carboxylic acids is 1. The van der Waals surface area contributed by atoms with Crippen molar-refractivity contribution < 1.29 is 10.0 Å². The molecule has 1 N–H and O–H groups in total. The number of oxime groups is 1. The third kappa shape index (κ3) is 0.921. The third-order valence-corrected chi connectivity index (χ3v) is 2.66. The summed E-state index contributed by atoms with van der Waals surface area (Å²) in [5, 5.41) is 11.5. The van der Waals surface area contributed by atoms with Crippen LogP contribution in [0.3, 0.4) is 0 Å². The predicted octanol–water partition coefficient (Wildman–Crippen LogP) is 1.76. The van der Waals surface area contributed by atoms with Crippen molar-refractivity contribution in [3.05, 3.63) is 29.8 Å². The van der Waals surface area contributed by atoms with Crippen molar-refractivity contribution in [3.63, 3.8) is 0 Å². The van der Waals surface area contributed by atoms with Crippen molar-refractivity contribution in [1.82, 2.24) is 0 Å². The highest BCUT2D eigenvalue weighted by Gasteiger charge is 2.27. The molecule has 0 unspecified atom stereocenters. The minimum atomic E-state index is -0.196. The number of thioether (sulfide) groups is 1. The van der Waals surface area contributed by atoms with Crippen LogP contribution in [0.2, 0.25) is 0 Å². The van der Waals surface area contributed by atoms with Crippen LogP contribution in [-0.2, 0) is 0 Å². The van der Waals surface area contributed by atoms with Crippen molar-refractivity contribution in [2.24, 2.45) is 5.16 Å². The van der Waals surface area contributed by atoms with Gasteiger partial charge in [0, 0.05) is 10.5 Å². The largest absolute Gasteiger partial charge is 0.410 e. The van der Waals surface area contributed by atoms with Gasteiger partial charge in [-0.2, -0.15) is 0 Å². The Bertz CT molecular complexity index is 373. The van der Waals surface area contributed by atoms with Crippen molar-refractivity contribution in [2.75, 3.05) is 0 Å². The van der Waals surface area contributed by atoms with Gasteiger partial charge in [-0.1, -0.05) is 29.1 Å². The van der Waals surface area contributed by atoms with Crippen LogP contribution in [0.1, 0.15) is 10.4 Å². The molecule has 0 radical (unpaired) electrons. The molecular weight excluding hydrogens is 174 g/mol. The molecule has 12 heavy (non-hydrogen) atoms. The van der Waals surface area contributed by atoms with Crippen LogP contribution in [-0.4, -0.2) is 16.0 Å². The molecule has 0 bridgehead atoms. The summed E-state index contributed by atoms with van der Waals surface area (Å²) in [6, 6.07) is 7.19. The average Bonchev–Trinajstić information content (AvgIpc) is 2.44. The molecule has 2 rings (SSSR count).